The van der Waals surface area contributed by atoms with Gasteiger partial charge in [-0.1, -0.05) is 0 Å². The van der Waals surface area contributed by atoms with Crippen LogP contribution in [0.1, 0.15) is 25.1 Å². The minimum absolute atomic E-state index is 0.151. The molecule has 2 saturated heterocycles. The highest BCUT2D eigenvalue weighted by Crippen LogP contribution is 2.61. The van der Waals surface area contributed by atoms with Crippen LogP contribution < -0.4 is 11.2 Å². The summed E-state index contributed by atoms with van der Waals surface area (Å²) in [6.45, 7) is 1.83. The fraction of sp³-hybridized carbons (Fsp3) is 0.750. The Hall–Kier alpha value is -1.30. The van der Waals surface area contributed by atoms with Crippen molar-refractivity contribution in [1.82, 2.24) is 9.55 Å². The van der Waals surface area contributed by atoms with Gasteiger partial charge in [0.2, 0.25) is 0 Å². The van der Waals surface area contributed by atoms with Crippen LogP contribution in [0.5, 0.6) is 0 Å². The molecule has 17 nitrogen and oxygen atoms in total. The van der Waals surface area contributed by atoms with Crippen LogP contribution >= 0.6 is 15.6 Å². The minimum atomic E-state index is -5.44. The first-order valence-electron chi connectivity index (χ1n) is 10.2. The summed E-state index contributed by atoms with van der Waals surface area (Å²) < 4.78 is 48.9. The highest BCUT2D eigenvalue weighted by Gasteiger charge is 2.50. The molecule has 7 N–H and O–H groups in total. The number of nitrogens with zero attached hydrogens (tertiary/aromatic N) is 1. The van der Waals surface area contributed by atoms with Crippen LogP contribution in [0.2, 0.25) is 0 Å². The fourth-order valence-electron chi connectivity index (χ4n) is 3.47. The molecule has 19 heteroatoms. The molecule has 3 rings (SSSR count). The van der Waals surface area contributed by atoms with Crippen molar-refractivity contribution in [3.8, 4) is 0 Å². The lowest BCUT2D eigenvalue weighted by Crippen LogP contribution is -2.37. The predicted octanol–water partition coefficient (Wildman–Crippen LogP) is -2.43. The zero-order valence-corrected chi connectivity index (χ0v) is 20.1. The Kier molecular flexibility index (Phi) is 8.56. The second kappa shape index (κ2) is 10.6. The second-order valence-corrected chi connectivity index (χ2v) is 11.0. The SMILES string of the molecule is Cc1cn([C@H]2C[C@H](O)[C@@H](COP(=O)(O)OP(=O)(O)O[C@H]3O[C@@H]([C@@H](C)O)[C@H](O)[C@H]3O)O2)c(=O)[nH]c1=O. The lowest BCUT2D eigenvalue weighted by molar-refractivity contribution is -0.136. The molecule has 0 radical (unpaired) electrons. The first kappa shape index (κ1) is 28.3. The van der Waals surface area contributed by atoms with Gasteiger partial charge in [-0.2, -0.15) is 4.31 Å². The second-order valence-electron chi connectivity index (χ2n) is 8.02. The van der Waals surface area contributed by atoms with Crippen LogP contribution in [-0.2, 0) is 32.0 Å². The van der Waals surface area contributed by atoms with E-state index in [1.165, 1.54) is 20.0 Å². The standard InChI is InChI=1S/C16H26N2O15P2/c1-6-4-18(16(24)17-14(6)23)10-3-8(20)9(30-10)5-29-34(25,26)33-35(27,28)32-15-12(22)11(21)13(31-15)7(2)19/h4,7-13,15,19-22H,3,5H2,1-2H3,(H,25,26)(H,27,28)(H,17,23,24)/t7-,8+,9-,10-,11-,12-,13+,15-/m1/s1. The molecule has 3 heterocycles. The molecule has 1 aromatic heterocycles. The summed E-state index contributed by atoms with van der Waals surface area (Å²) in [5, 5.41) is 39.3. The van der Waals surface area contributed by atoms with Gasteiger partial charge in [-0.25, -0.2) is 13.9 Å². The Bertz CT molecular complexity index is 1120. The van der Waals surface area contributed by atoms with Gasteiger partial charge in [0.1, 0.15) is 30.6 Å². The molecule has 0 aliphatic carbocycles. The fourth-order valence-corrected chi connectivity index (χ4v) is 5.62. The first-order valence-corrected chi connectivity index (χ1v) is 13.1. The average Bonchev–Trinajstić information content (AvgIpc) is 3.22. The van der Waals surface area contributed by atoms with Crippen molar-refractivity contribution in [2.45, 2.75) is 69.4 Å². The van der Waals surface area contributed by atoms with E-state index in [0.717, 1.165) is 4.57 Å². The number of phosphoric acid groups is 2. The van der Waals surface area contributed by atoms with Crippen molar-refractivity contribution in [3.05, 3.63) is 32.6 Å². The van der Waals surface area contributed by atoms with Crippen LogP contribution in [0, 0.1) is 6.92 Å². The summed E-state index contributed by atoms with van der Waals surface area (Å²) in [4.78, 5) is 45.1. The maximum absolute atomic E-state index is 12.1. The van der Waals surface area contributed by atoms with Crippen LogP contribution in [0.15, 0.2) is 15.8 Å². The van der Waals surface area contributed by atoms with Gasteiger partial charge in [-0.3, -0.25) is 23.4 Å². The highest BCUT2D eigenvalue weighted by molar-refractivity contribution is 7.61. The summed E-state index contributed by atoms with van der Waals surface area (Å²) >= 11 is 0. The van der Waals surface area contributed by atoms with E-state index in [1.807, 2.05) is 0 Å². The quantitative estimate of drug-likeness (QED) is 0.158. The molecule has 0 bridgehead atoms. The lowest BCUT2D eigenvalue weighted by Gasteiger charge is -2.22. The molecule has 0 spiro atoms. The van der Waals surface area contributed by atoms with Gasteiger partial charge in [0.15, 0.2) is 6.29 Å². The van der Waals surface area contributed by atoms with Crippen molar-refractivity contribution >= 4 is 15.6 Å². The number of aliphatic hydroxyl groups excluding tert-OH is 4. The minimum Gasteiger partial charge on any atom is -0.391 e. The zero-order chi connectivity index (χ0) is 26.3. The van der Waals surface area contributed by atoms with Gasteiger partial charge in [0.05, 0.1) is 18.8 Å². The third-order valence-corrected chi connectivity index (χ3v) is 7.84. The molecule has 35 heavy (non-hydrogen) atoms. The number of nitrogens with one attached hydrogen (secondary N) is 1. The number of phosphoric ester groups is 2. The number of aromatic amines is 1. The van der Waals surface area contributed by atoms with Crippen LogP contribution in [-0.4, -0.2) is 89.3 Å². The van der Waals surface area contributed by atoms with E-state index in [-0.39, 0.29) is 12.0 Å². The summed E-state index contributed by atoms with van der Waals surface area (Å²) in [7, 11) is -10.8. The van der Waals surface area contributed by atoms with Crippen molar-refractivity contribution in [1.29, 1.82) is 0 Å². The number of ether oxygens (including phenoxy) is 2. The number of H-pyrrole nitrogens is 1. The predicted molar refractivity (Wildman–Crippen MR) is 111 cm³/mol. The Morgan fingerprint density at radius 3 is 2.43 bits per heavy atom. The molecular weight excluding hydrogens is 522 g/mol. The number of rotatable bonds is 9. The van der Waals surface area contributed by atoms with Crippen LogP contribution in [0.3, 0.4) is 0 Å². The van der Waals surface area contributed by atoms with E-state index in [1.54, 1.807) is 0 Å². The number of aromatic nitrogens is 2. The molecule has 1 aromatic rings. The number of hydrogen-bond donors (Lipinski definition) is 7. The van der Waals surface area contributed by atoms with Gasteiger partial charge in [0.25, 0.3) is 5.56 Å². The van der Waals surface area contributed by atoms with Crippen molar-refractivity contribution in [3.63, 3.8) is 0 Å². The average molecular weight is 548 g/mol. The number of aliphatic hydroxyl groups is 4. The van der Waals surface area contributed by atoms with E-state index in [4.69, 9.17) is 9.47 Å². The largest absolute Gasteiger partial charge is 0.483 e. The van der Waals surface area contributed by atoms with E-state index in [9.17, 15) is 48.9 Å². The monoisotopic (exact) mass is 548 g/mol. The van der Waals surface area contributed by atoms with E-state index in [2.05, 4.69) is 18.3 Å². The third kappa shape index (κ3) is 6.72. The van der Waals surface area contributed by atoms with Gasteiger partial charge >= 0.3 is 21.3 Å². The van der Waals surface area contributed by atoms with Crippen molar-refractivity contribution in [2.24, 2.45) is 0 Å². The Balaban J connectivity index is 1.58. The van der Waals surface area contributed by atoms with E-state index < -0.39 is 82.6 Å². The first-order chi connectivity index (χ1) is 16.1. The van der Waals surface area contributed by atoms with Gasteiger partial charge in [-0.05, 0) is 13.8 Å². The Morgan fingerprint density at radius 1 is 1.17 bits per heavy atom. The number of aryl methyl sites for hydroxylation is 1. The van der Waals surface area contributed by atoms with E-state index >= 15 is 0 Å². The van der Waals surface area contributed by atoms with Crippen molar-refractivity contribution < 1.29 is 62.2 Å². The summed E-state index contributed by atoms with van der Waals surface area (Å²) in [5.41, 5.74) is -1.23. The topological polar surface area (TPSA) is 257 Å². The molecule has 2 aliphatic rings. The van der Waals surface area contributed by atoms with Gasteiger partial charge < -0.3 is 39.7 Å². The molecular formula is C16H26N2O15P2. The maximum Gasteiger partial charge on any atom is 0.483 e. The molecule has 0 aromatic carbocycles. The Labute approximate surface area is 196 Å². The Morgan fingerprint density at radius 2 is 1.83 bits per heavy atom. The smallest absolute Gasteiger partial charge is 0.391 e. The van der Waals surface area contributed by atoms with E-state index in [0.29, 0.717) is 0 Å². The maximum atomic E-state index is 12.1. The van der Waals surface area contributed by atoms with Crippen LogP contribution in [0.4, 0.5) is 0 Å². The zero-order valence-electron chi connectivity index (χ0n) is 18.3. The van der Waals surface area contributed by atoms with Gasteiger partial charge in [-0.15, -0.1) is 0 Å². The molecule has 2 unspecified atom stereocenters. The van der Waals surface area contributed by atoms with Crippen LogP contribution in [0.25, 0.3) is 0 Å². The molecule has 0 saturated carbocycles. The summed E-state index contributed by atoms with van der Waals surface area (Å²) in [5.74, 6) is 0. The summed E-state index contributed by atoms with van der Waals surface area (Å²) in [6, 6.07) is 0. The highest BCUT2D eigenvalue weighted by atomic mass is 31.3. The molecule has 2 fully saturated rings. The number of hydrogen-bond acceptors (Lipinski definition) is 13. The normalized spacial score (nSPS) is 35.5. The molecule has 200 valence electrons. The molecule has 2 aliphatic heterocycles. The summed E-state index contributed by atoms with van der Waals surface area (Å²) in [6.07, 6.45) is -10.8. The molecule has 10 atom stereocenters. The lowest BCUT2D eigenvalue weighted by atomic mass is 10.1. The molecule has 0 amide bonds. The van der Waals surface area contributed by atoms with Crippen molar-refractivity contribution in [2.75, 3.05) is 6.61 Å². The third-order valence-electron chi connectivity index (χ3n) is 5.24. The van der Waals surface area contributed by atoms with Gasteiger partial charge in [0, 0.05) is 18.2 Å².